The van der Waals surface area contributed by atoms with Crippen LogP contribution in [0.1, 0.15) is 17.5 Å². The van der Waals surface area contributed by atoms with Gasteiger partial charge in [-0.05, 0) is 34.4 Å². The van der Waals surface area contributed by atoms with Crippen molar-refractivity contribution in [1.82, 2.24) is 5.32 Å². The van der Waals surface area contributed by atoms with Crippen LogP contribution in [0.3, 0.4) is 0 Å². The molecule has 26 heavy (non-hydrogen) atoms. The van der Waals surface area contributed by atoms with Crippen LogP contribution in [0.25, 0.3) is 11.1 Å². The van der Waals surface area contributed by atoms with Gasteiger partial charge in [0.15, 0.2) is 0 Å². The molecule has 1 atom stereocenters. The zero-order valence-corrected chi connectivity index (χ0v) is 15.6. The van der Waals surface area contributed by atoms with E-state index in [0.717, 1.165) is 22.3 Å². The second kappa shape index (κ2) is 8.08. The second-order valence-electron chi connectivity index (χ2n) is 6.32. The van der Waals surface area contributed by atoms with Crippen LogP contribution >= 0.6 is 24.0 Å². The highest BCUT2D eigenvalue weighted by molar-refractivity contribution is 6.30. The molecule has 4 N–H and O–H groups in total. The van der Waals surface area contributed by atoms with Gasteiger partial charge < -0.3 is 16.2 Å². The number of nitrogens with one attached hydrogen (secondary N) is 1. The van der Waals surface area contributed by atoms with Gasteiger partial charge in [0, 0.05) is 30.8 Å². The van der Waals surface area contributed by atoms with Crippen molar-refractivity contribution in [2.24, 2.45) is 5.73 Å². The number of hydrogen-bond acceptors (Lipinski definition) is 3. The van der Waals surface area contributed by atoms with Gasteiger partial charge in [-0.25, -0.2) is 4.79 Å². The maximum atomic E-state index is 11.9. The molecule has 0 spiro atoms. The summed E-state index contributed by atoms with van der Waals surface area (Å²) in [5.41, 5.74) is 7.95. The Kier molecular flexibility index (Phi) is 6.29. The average Bonchev–Trinajstić information content (AvgIpc) is 2.94. The third-order valence-corrected chi connectivity index (χ3v) is 4.78. The highest BCUT2D eigenvalue weighted by Crippen LogP contribution is 2.34. The predicted octanol–water partition coefficient (Wildman–Crippen LogP) is 2.82. The molecule has 0 bridgehead atoms. The number of fused-ring (bicyclic) bond motifs is 1. The van der Waals surface area contributed by atoms with Crippen LogP contribution in [0.4, 0.5) is 0 Å². The molecular weight excluding hydrogens is 375 g/mol. The highest BCUT2D eigenvalue weighted by Gasteiger charge is 2.45. The second-order valence-corrected chi connectivity index (χ2v) is 6.75. The van der Waals surface area contributed by atoms with Crippen molar-refractivity contribution in [2.45, 2.75) is 24.8 Å². The number of benzene rings is 2. The summed E-state index contributed by atoms with van der Waals surface area (Å²) in [6.07, 6.45) is 0.645. The quantitative estimate of drug-likeness (QED) is 0.726. The third-order valence-electron chi connectivity index (χ3n) is 4.53. The minimum Gasteiger partial charge on any atom is -0.479 e. The Morgan fingerprint density at radius 1 is 1.08 bits per heavy atom. The molecule has 2 aromatic carbocycles. The summed E-state index contributed by atoms with van der Waals surface area (Å²) >= 11 is 5.92. The highest BCUT2D eigenvalue weighted by atomic mass is 35.5. The fourth-order valence-corrected chi connectivity index (χ4v) is 3.38. The Balaban J connectivity index is 0.00000243. The fraction of sp³-hybridized carbons (Fsp3) is 0.263. The third kappa shape index (κ3) is 4.01. The van der Waals surface area contributed by atoms with Gasteiger partial charge in [-0.15, -0.1) is 12.4 Å². The van der Waals surface area contributed by atoms with Crippen molar-refractivity contribution in [3.05, 3.63) is 58.6 Å². The van der Waals surface area contributed by atoms with Crippen LogP contribution in [-0.2, 0) is 22.4 Å². The van der Waals surface area contributed by atoms with Gasteiger partial charge in [0.2, 0.25) is 5.91 Å². The van der Waals surface area contributed by atoms with E-state index in [-0.39, 0.29) is 44.1 Å². The van der Waals surface area contributed by atoms with Gasteiger partial charge in [-0.3, -0.25) is 4.79 Å². The number of carboxylic acid groups (broad SMARTS) is 1. The summed E-state index contributed by atoms with van der Waals surface area (Å²) in [4.78, 5) is 23.8. The van der Waals surface area contributed by atoms with E-state index in [2.05, 4.69) is 5.32 Å². The summed E-state index contributed by atoms with van der Waals surface area (Å²) in [5.74, 6) is -1.36. The van der Waals surface area contributed by atoms with Crippen molar-refractivity contribution in [3.63, 3.8) is 0 Å². The van der Waals surface area contributed by atoms with E-state index in [1.165, 1.54) is 0 Å². The van der Waals surface area contributed by atoms with Crippen molar-refractivity contribution in [3.8, 4) is 11.1 Å². The Morgan fingerprint density at radius 2 is 1.69 bits per heavy atom. The normalized spacial score (nSPS) is 17.9. The summed E-state index contributed by atoms with van der Waals surface area (Å²) in [6, 6.07) is 13.4. The van der Waals surface area contributed by atoms with Crippen LogP contribution in [0, 0.1) is 0 Å². The minimum atomic E-state index is -1.30. The molecule has 0 aromatic heterocycles. The lowest BCUT2D eigenvalue weighted by Crippen LogP contribution is -2.55. The molecule has 0 saturated heterocycles. The Morgan fingerprint density at radius 3 is 2.31 bits per heavy atom. The molecule has 0 heterocycles. The Hall–Kier alpha value is -2.08. The van der Waals surface area contributed by atoms with Gasteiger partial charge in [-0.2, -0.15) is 0 Å². The Labute approximate surface area is 163 Å². The maximum Gasteiger partial charge on any atom is 0.330 e. The van der Waals surface area contributed by atoms with Gasteiger partial charge >= 0.3 is 5.97 Å². The number of aliphatic carboxylic acids is 1. The first-order valence-electron chi connectivity index (χ1n) is 8.06. The first-order chi connectivity index (χ1) is 11.9. The number of carboxylic acids is 1. The lowest BCUT2D eigenvalue weighted by Gasteiger charge is -2.25. The number of nitrogens with two attached hydrogens (primary N) is 1. The zero-order valence-electron chi connectivity index (χ0n) is 14.0. The van der Waals surface area contributed by atoms with Gasteiger partial charge in [0.25, 0.3) is 0 Å². The smallest absolute Gasteiger partial charge is 0.330 e. The monoisotopic (exact) mass is 394 g/mol. The topological polar surface area (TPSA) is 92.4 Å². The molecule has 1 aliphatic carbocycles. The van der Waals surface area contributed by atoms with E-state index < -0.39 is 11.5 Å². The lowest BCUT2D eigenvalue weighted by molar-refractivity contribution is -0.147. The van der Waals surface area contributed by atoms with Crippen molar-refractivity contribution in [2.75, 3.05) is 6.54 Å². The van der Waals surface area contributed by atoms with Crippen molar-refractivity contribution in [1.29, 1.82) is 0 Å². The SMILES string of the molecule is Cl.NCCC(=O)NC1(C(=O)O)Cc2ccc(-c3ccc(Cl)cc3)cc2C1. The molecule has 5 nitrogen and oxygen atoms in total. The van der Waals surface area contributed by atoms with Crippen LogP contribution in [0.5, 0.6) is 0 Å². The number of carbonyl (C=O) groups excluding carboxylic acids is 1. The van der Waals surface area contributed by atoms with Crippen LogP contribution in [-0.4, -0.2) is 29.1 Å². The Bertz CT molecular complexity index is 824. The molecule has 1 unspecified atom stereocenters. The van der Waals surface area contributed by atoms with Gasteiger partial charge in [0.1, 0.15) is 5.54 Å². The molecule has 0 fully saturated rings. The number of hydrogen-bond donors (Lipinski definition) is 3. The van der Waals surface area contributed by atoms with Crippen molar-refractivity contribution >= 4 is 35.9 Å². The summed E-state index contributed by atoms with van der Waals surface area (Å²) in [6.45, 7) is 0.190. The van der Waals surface area contributed by atoms with E-state index in [9.17, 15) is 14.7 Å². The molecule has 1 amide bonds. The van der Waals surface area contributed by atoms with Crippen molar-refractivity contribution < 1.29 is 14.7 Å². The standard InChI is InChI=1S/C19H19ClN2O3.ClH/c20-16-5-3-12(4-6-16)13-1-2-14-10-19(18(24)25,11-15(14)9-13)22-17(23)7-8-21;/h1-6,9H,7-8,10-11,21H2,(H,22,23)(H,24,25);1H. The van der Waals surface area contributed by atoms with Crippen LogP contribution in [0.15, 0.2) is 42.5 Å². The molecule has 3 rings (SSSR count). The number of carbonyl (C=O) groups is 2. The van der Waals surface area contributed by atoms with Gasteiger partial charge in [-0.1, -0.05) is 41.9 Å². The largest absolute Gasteiger partial charge is 0.479 e. The number of amides is 1. The van der Waals surface area contributed by atoms with E-state index in [1.807, 2.05) is 42.5 Å². The van der Waals surface area contributed by atoms with E-state index in [0.29, 0.717) is 5.02 Å². The molecule has 7 heteroatoms. The fourth-order valence-electron chi connectivity index (χ4n) is 3.25. The van der Waals surface area contributed by atoms with E-state index in [1.54, 1.807) is 0 Å². The molecular formula is C19H20Cl2N2O3. The molecule has 0 saturated carbocycles. The molecule has 0 radical (unpaired) electrons. The van der Waals surface area contributed by atoms with Gasteiger partial charge in [0.05, 0.1) is 0 Å². The molecule has 2 aromatic rings. The minimum absolute atomic E-state index is 0. The van der Waals surface area contributed by atoms with Crippen LogP contribution in [0.2, 0.25) is 5.02 Å². The van der Waals surface area contributed by atoms with E-state index in [4.69, 9.17) is 17.3 Å². The first kappa shape index (κ1) is 20.2. The average molecular weight is 395 g/mol. The zero-order chi connectivity index (χ0) is 18.0. The summed E-state index contributed by atoms with van der Waals surface area (Å²) in [5, 5.41) is 13.0. The number of rotatable bonds is 5. The first-order valence-corrected chi connectivity index (χ1v) is 8.43. The molecule has 1 aliphatic rings. The van der Waals surface area contributed by atoms with Crippen LogP contribution < -0.4 is 11.1 Å². The lowest BCUT2D eigenvalue weighted by atomic mass is 9.95. The summed E-state index contributed by atoms with van der Waals surface area (Å²) in [7, 11) is 0. The number of halogens is 2. The summed E-state index contributed by atoms with van der Waals surface area (Å²) < 4.78 is 0. The maximum absolute atomic E-state index is 11.9. The predicted molar refractivity (Wildman–Crippen MR) is 104 cm³/mol. The molecule has 0 aliphatic heterocycles. The molecule has 138 valence electrons. The van der Waals surface area contributed by atoms with E-state index >= 15 is 0 Å².